The van der Waals surface area contributed by atoms with Crippen LogP contribution in [-0.4, -0.2) is 40.6 Å². The minimum atomic E-state index is 0.0563. The highest BCUT2D eigenvalue weighted by molar-refractivity contribution is 5.94. The summed E-state index contributed by atoms with van der Waals surface area (Å²) in [6.45, 7) is 2.56. The van der Waals surface area contributed by atoms with Gasteiger partial charge < -0.3 is 5.32 Å². The Hall–Kier alpha value is -1.88. The number of aromatic nitrogens is 2. The molecule has 5 nitrogen and oxygen atoms in total. The molecule has 0 spiro atoms. The third-order valence-corrected chi connectivity index (χ3v) is 3.54. The highest BCUT2D eigenvalue weighted by Gasteiger charge is 2.13. The number of hydrogen-bond donors (Lipinski definition) is 2. The van der Waals surface area contributed by atoms with Gasteiger partial charge in [0.25, 0.3) is 0 Å². The van der Waals surface area contributed by atoms with Crippen LogP contribution in [-0.2, 0) is 4.79 Å². The molecule has 1 aromatic heterocycles. The lowest BCUT2D eigenvalue weighted by molar-refractivity contribution is -0.117. The first-order valence-corrected chi connectivity index (χ1v) is 6.76. The van der Waals surface area contributed by atoms with Crippen LogP contribution in [0.2, 0.25) is 0 Å². The van der Waals surface area contributed by atoms with Crippen molar-refractivity contribution in [2.45, 2.75) is 19.3 Å². The Morgan fingerprint density at radius 3 is 3.00 bits per heavy atom. The van der Waals surface area contributed by atoms with Crippen molar-refractivity contribution in [1.82, 2.24) is 15.1 Å². The number of likely N-dealkylation sites (tertiary alicyclic amines) is 1. The fourth-order valence-electron chi connectivity index (χ4n) is 2.54. The summed E-state index contributed by atoms with van der Waals surface area (Å²) in [6, 6.07) is 5.78. The van der Waals surface area contributed by atoms with E-state index in [-0.39, 0.29) is 5.91 Å². The zero-order valence-corrected chi connectivity index (χ0v) is 10.9. The molecule has 0 saturated carbocycles. The normalized spacial score (nSPS) is 16.6. The average molecular weight is 258 g/mol. The lowest BCUT2D eigenvalue weighted by Gasteiger charge is -2.25. The van der Waals surface area contributed by atoms with Crippen LogP contribution in [0.25, 0.3) is 10.9 Å². The largest absolute Gasteiger partial charge is 0.325 e. The Morgan fingerprint density at radius 2 is 2.16 bits per heavy atom. The van der Waals surface area contributed by atoms with Crippen LogP contribution >= 0.6 is 0 Å². The molecular weight excluding hydrogens is 240 g/mol. The highest BCUT2D eigenvalue weighted by atomic mass is 16.2. The molecule has 0 radical (unpaired) electrons. The van der Waals surface area contributed by atoms with E-state index in [9.17, 15) is 4.79 Å². The number of piperidine rings is 1. The van der Waals surface area contributed by atoms with Crippen LogP contribution in [0.3, 0.4) is 0 Å². The van der Waals surface area contributed by atoms with Crippen LogP contribution in [0.15, 0.2) is 24.4 Å². The number of carbonyl (C=O) groups excluding carboxylic acids is 1. The van der Waals surface area contributed by atoms with Crippen LogP contribution in [0.5, 0.6) is 0 Å². The van der Waals surface area contributed by atoms with E-state index in [1.807, 2.05) is 18.2 Å². The van der Waals surface area contributed by atoms with E-state index >= 15 is 0 Å². The van der Waals surface area contributed by atoms with Gasteiger partial charge in [-0.15, -0.1) is 0 Å². The van der Waals surface area contributed by atoms with E-state index in [4.69, 9.17) is 0 Å². The van der Waals surface area contributed by atoms with Crippen LogP contribution < -0.4 is 5.32 Å². The second kappa shape index (κ2) is 5.40. The number of rotatable bonds is 3. The lowest BCUT2D eigenvalue weighted by Crippen LogP contribution is -2.36. The number of nitrogens with one attached hydrogen (secondary N) is 2. The van der Waals surface area contributed by atoms with Gasteiger partial charge in [-0.25, -0.2) is 0 Å². The van der Waals surface area contributed by atoms with Gasteiger partial charge in [0.2, 0.25) is 5.91 Å². The standard InChI is InChI=1S/C14H18N4O/c19-14(10-18-6-2-1-3-7-18)16-12-5-4-11-9-15-17-13(11)8-12/h4-5,8-9H,1-3,6-7,10H2,(H,15,17)(H,16,19). The number of fused-ring (bicyclic) bond motifs is 1. The number of hydrogen-bond acceptors (Lipinski definition) is 3. The third kappa shape index (κ3) is 2.93. The summed E-state index contributed by atoms with van der Waals surface area (Å²) in [5.74, 6) is 0.0563. The number of amides is 1. The molecule has 1 aliphatic heterocycles. The lowest BCUT2D eigenvalue weighted by atomic mass is 10.1. The minimum absolute atomic E-state index is 0.0563. The molecule has 1 amide bonds. The van der Waals surface area contributed by atoms with Crippen molar-refractivity contribution >= 4 is 22.5 Å². The topological polar surface area (TPSA) is 61.0 Å². The molecule has 1 saturated heterocycles. The number of H-pyrrole nitrogens is 1. The quantitative estimate of drug-likeness (QED) is 0.885. The van der Waals surface area contributed by atoms with Gasteiger partial charge in [0.15, 0.2) is 0 Å². The second-order valence-electron chi connectivity index (χ2n) is 5.06. The van der Waals surface area contributed by atoms with Gasteiger partial charge in [0.1, 0.15) is 0 Å². The summed E-state index contributed by atoms with van der Waals surface area (Å²) in [5.41, 5.74) is 1.76. The molecule has 1 aliphatic rings. The molecule has 0 atom stereocenters. The second-order valence-corrected chi connectivity index (χ2v) is 5.06. The fourth-order valence-corrected chi connectivity index (χ4v) is 2.54. The Morgan fingerprint density at radius 1 is 1.32 bits per heavy atom. The maximum absolute atomic E-state index is 12.0. The summed E-state index contributed by atoms with van der Waals surface area (Å²) < 4.78 is 0. The average Bonchev–Trinajstić information content (AvgIpc) is 2.87. The van der Waals surface area contributed by atoms with Gasteiger partial charge >= 0.3 is 0 Å². The van der Waals surface area contributed by atoms with Crippen molar-refractivity contribution in [3.63, 3.8) is 0 Å². The van der Waals surface area contributed by atoms with Gasteiger partial charge in [0.05, 0.1) is 18.3 Å². The molecule has 0 unspecified atom stereocenters. The Labute approximate surface area is 112 Å². The smallest absolute Gasteiger partial charge is 0.238 e. The first-order valence-electron chi connectivity index (χ1n) is 6.76. The van der Waals surface area contributed by atoms with Crippen LogP contribution in [0.4, 0.5) is 5.69 Å². The number of carbonyl (C=O) groups is 1. The number of benzene rings is 1. The van der Waals surface area contributed by atoms with Gasteiger partial charge in [0, 0.05) is 11.1 Å². The number of aromatic amines is 1. The van der Waals surface area contributed by atoms with Crippen molar-refractivity contribution in [3.8, 4) is 0 Å². The van der Waals surface area contributed by atoms with E-state index in [2.05, 4.69) is 20.4 Å². The molecule has 3 rings (SSSR count). The molecule has 0 bridgehead atoms. The molecule has 5 heteroatoms. The van der Waals surface area contributed by atoms with Crippen LogP contribution in [0.1, 0.15) is 19.3 Å². The molecule has 2 aromatic rings. The van der Waals surface area contributed by atoms with Gasteiger partial charge in [-0.2, -0.15) is 5.10 Å². The Bertz CT molecular complexity index is 572. The molecule has 0 aliphatic carbocycles. The van der Waals surface area contributed by atoms with Crippen LogP contribution in [0, 0.1) is 0 Å². The molecule has 1 fully saturated rings. The first-order chi connectivity index (χ1) is 9.31. The van der Waals surface area contributed by atoms with E-state index in [1.165, 1.54) is 19.3 Å². The molecular formula is C14H18N4O. The molecule has 2 N–H and O–H groups in total. The predicted octanol–water partition coefficient (Wildman–Crippen LogP) is 1.99. The van der Waals surface area contributed by atoms with Gasteiger partial charge in [-0.05, 0) is 44.1 Å². The molecule has 1 aromatic carbocycles. The monoisotopic (exact) mass is 258 g/mol. The summed E-state index contributed by atoms with van der Waals surface area (Å²) in [4.78, 5) is 14.2. The van der Waals surface area contributed by atoms with Gasteiger partial charge in [-0.1, -0.05) is 6.42 Å². The SMILES string of the molecule is O=C(CN1CCCCC1)Nc1ccc2cn[nH]c2c1. The molecule has 100 valence electrons. The van der Waals surface area contributed by atoms with Crippen molar-refractivity contribution in [2.75, 3.05) is 25.0 Å². The molecule has 19 heavy (non-hydrogen) atoms. The Balaban J connectivity index is 1.61. The van der Waals surface area contributed by atoms with E-state index in [0.717, 1.165) is 29.7 Å². The summed E-state index contributed by atoms with van der Waals surface area (Å²) >= 11 is 0. The maximum Gasteiger partial charge on any atom is 0.238 e. The van der Waals surface area contributed by atoms with Crippen molar-refractivity contribution in [1.29, 1.82) is 0 Å². The van der Waals surface area contributed by atoms with E-state index in [1.54, 1.807) is 6.20 Å². The van der Waals surface area contributed by atoms with Crippen molar-refractivity contribution in [3.05, 3.63) is 24.4 Å². The van der Waals surface area contributed by atoms with Crippen molar-refractivity contribution < 1.29 is 4.79 Å². The number of nitrogens with zero attached hydrogens (tertiary/aromatic N) is 2. The fraction of sp³-hybridized carbons (Fsp3) is 0.429. The summed E-state index contributed by atoms with van der Waals surface area (Å²) in [6.07, 6.45) is 5.46. The Kier molecular flexibility index (Phi) is 3.46. The zero-order valence-electron chi connectivity index (χ0n) is 10.9. The molecule has 2 heterocycles. The maximum atomic E-state index is 12.0. The summed E-state index contributed by atoms with van der Waals surface area (Å²) in [5, 5.41) is 10.9. The van der Waals surface area contributed by atoms with E-state index in [0.29, 0.717) is 6.54 Å². The minimum Gasteiger partial charge on any atom is -0.325 e. The summed E-state index contributed by atoms with van der Waals surface area (Å²) in [7, 11) is 0. The van der Waals surface area contributed by atoms with Gasteiger partial charge in [-0.3, -0.25) is 14.8 Å². The zero-order chi connectivity index (χ0) is 13.1. The number of anilines is 1. The first kappa shape index (κ1) is 12.2. The third-order valence-electron chi connectivity index (χ3n) is 3.54. The highest BCUT2D eigenvalue weighted by Crippen LogP contribution is 2.16. The predicted molar refractivity (Wildman–Crippen MR) is 75.0 cm³/mol. The van der Waals surface area contributed by atoms with E-state index < -0.39 is 0 Å². The van der Waals surface area contributed by atoms with Crippen molar-refractivity contribution in [2.24, 2.45) is 0 Å².